The molecule has 1 rings (SSSR count). The molecular weight excluding hydrogens is 292 g/mol. The molecule has 0 radical (unpaired) electrons. The summed E-state index contributed by atoms with van der Waals surface area (Å²) in [6.45, 7) is 4.80. The molecule has 106 valence electrons. The van der Waals surface area contributed by atoms with Crippen LogP contribution >= 0.6 is 29.3 Å². The summed E-state index contributed by atoms with van der Waals surface area (Å²) in [6, 6.07) is 0. The first-order valence-electron chi connectivity index (χ1n) is 6.39. The van der Waals surface area contributed by atoms with Crippen molar-refractivity contribution in [1.82, 2.24) is 4.67 Å². The Bertz CT molecular complexity index is 276. The molecule has 0 aliphatic heterocycles. The Hall–Kier alpha value is 0.440. The summed E-state index contributed by atoms with van der Waals surface area (Å²) in [5.41, 5.74) is -0.235. The highest BCUT2D eigenvalue weighted by atomic mass is 35.9. The molecule has 0 aromatic heterocycles. The van der Waals surface area contributed by atoms with Crippen LogP contribution in [0.3, 0.4) is 0 Å². The van der Waals surface area contributed by atoms with Gasteiger partial charge in [0, 0.05) is 5.54 Å². The van der Waals surface area contributed by atoms with E-state index in [-0.39, 0.29) is 24.2 Å². The van der Waals surface area contributed by atoms with E-state index in [2.05, 4.69) is 0 Å². The molecule has 0 N–H and O–H groups in total. The van der Waals surface area contributed by atoms with Gasteiger partial charge in [-0.1, -0.05) is 28.9 Å². The Morgan fingerprint density at radius 2 is 1.83 bits per heavy atom. The van der Waals surface area contributed by atoms with Gasteiger partial charge in [-0.2, -0.15) is 0 Å². The lowest BCUT2D eigenvalue weighted by atomic mass is 9.98. The second-order valence-electron chi connectivity index (χ2n) is 5.69. The molecule has 3 nitrogen and oxygen atoms in total. The van der Waals surface area contributed by atoms with Crippen LogP contribution in [-0.4, -0.2) is 28.8 Å². The van der Waals surface area contributed by atoms with E-state index in [9.17, 15) is 4.79 Å². The van der Waals surface area contributed by atoms with E-state index in [1.54, 1.807) is 4.67 Å². The minimum Gasteiger partial charge on any atom is -0.461 e. The molecule has 18 heavy (non-hydrogen) atoms. The fourth-order valence-corrected chi connectivity index (χ4v) is 4.40. The zero-order valence-electron chi connectivity index (χ0n) is 11.3. The lowest BCUT2D eigenvalue weighted by molar-refractivity contribution is -0.151. The van der Waals surface area contributed by atoms with E-state index >= 15 is 0 Å². The Morgan fingerprint density at radius 3 is 2.28 bits per heavy atom. The molecule has 1 aliphatic rings. The average Bonchev–Trinajstić information content (AvgIpc) is 2.25. The van der Waals surface area contributed by atoms with E-state index in [0.717, 1.165) is 25.7 Å². The third-order valence-corrected chi connectivity index (χ3v) is 5.29. The highest BCUT2D eigenvalue weighted by molar-refractivity contribution is 8.02. The molecule has 1 fully saturated rings. The SMILES string of the molecule is CC(C)(C)N(CC(=O)OC1CCCCC1)P(Cl)Cl. The second kappa shape index (κ2) is 7.28. The van der Waals surface area contributed by atoms with Crippen molar-refractivity contribution in [3.05, 3.63) is 0 Å². The number of hydrogen-bond acceptors (Lipinski definition) is 3. The smallest absolute Gasteiger partial charge is 0.320 e. The van der Waals surface area contributed by atoms with Gasteiger partial charge >= 0.3 is 5.97 Å². The van der Waals surface area contributed by atoms with Crippen LogP contribution in [0.1, 0.15) is 52.9 Å². The maximum atomic E-state index is 11.9. The minimum atomic E-state index is -1.33. The maximum absolute atomic E-state index is 11.9. The monoisotopic (exact) mass is 313 g/mol. The van der Waals surface area contributed by atoms with Crippen molar-refractivity contribution in [2.24, 2.45) is 0 Å². The Kier molecular flexibility index (Phi) is 6.67. The van der Waals surface area contributed by atoms with Crippen molar-refractivity contribution < 1.29 is 9.53 Å². The second-order valence-corrected chi connectivity index (χ2v) is 9.05. The van der Waals surface area contributed by atoms with Crippen molar-refractivity contribution >= 4 is 35.2 Å². The van der Waals surface area contributed by atoms with Gasteiger partial charge in [-0.3, -0.25) is 4.79 Å². The first kappa shape index (κ1) is 16.5. The summed E-state index contributed by atoms with van der Waals surface area (Å²) in [4.78, 5) is 11.9. The number of carbonyl (C=O) groups is 1. The van der Waals surface area contributed by atoms with Gasteiger partial charge in [0.15, 0.2) is 6.78 Å². The summed E-state index contributed by atoms with van der Waals surface area (Å²) in [5, 5.41) is 0. The Morgan fingerprint density at radius 1 is 1.28 bits per heavy atom. The standard InChI is InChI=1S/C12H22Cl2NO2P/c1-12(2,3)15(18(13)14)9-11(16)17-10-7-5-4-6-8-10/h10H,4-9H2,1-3H3. The van der Waals surface area contributed by atoms with Crippen molar-refractivity contribution in [1.29, 1.82) is 0 Å². The number of esters is 1. The van der Waals surface area contributed by atoms with E-state index in [1.807, 2.05) is 20.8 Å². The number of halogens is 2. The van der Waals surface area contributed by atoms with E-state index in [0.29, 0.717) is 0 Å². The summed E-state index contributed by atoms with van der Waals surface area (Å²) in [5.74, 6) is -0.217. The van der Waals surface area contributed by atoms with Crippen LogP contribution in [0.25, 0.3) is 0 Å². The fraction of sp³-hybridized carbons (Fsp3) is 0.917. The number of hydrogen-bond donors (Lipinski definition) is 0. The molecule has 0 aromatic rings. The molecule has 6 heteroatoms. The predicted octanol–water partition coefficient (Wildman–Crippen LogP) is 4.67. The summed E-state index contributed by atoms with van der Waals surface area (Å²) < 4.78 is 7.27. The molecular formula is C12H22Cl2NO2P. The molecule has 1 aliphatic carbocycles. The van der Waals surface area contributed by atoms with E-state index in [4.69, 9.17) is 27.2 Å². The van der Waals surface area contributed by atoms with Crippen molar-refractivity contribution in [3.8, 4) is 0 Å². The molecule has 0 atom stereocenters. The summed E-state index contributed by atoms with van der Waals surface area (Å²) >= 11 is 11.9. The van der Waals surface area contributed by atoms with Crippen LogP contribution in [0.5, 0.6) is 0 Å². The normalized spacial score (nSPS) is 18.4. The van der Waals surface area contributed by atoms with Crippen LogP contribution in [0.15, 0.2) is 0 Å². The third kappa shape index (κ3) is 5.61. The molecule has 0 heterocycles. The maximum Gasteiger partial charge on any atom is 0.320 e. The van der Waals surface area contributed by atoms with Crippen LogP contribution in [0, 0.1) is 0 Å². The van der Waals surface area contributed by atoms with Gasteiger partial charge in [-0.25, -0.2) is 4.67 Å². The molecule has 1 saturated carbocycles. The minimum absolute atomic E-state index is 0.0879. The van der Waals surface area contributed by atoms with E-state index < -0.39 is 6.78 Å². The third-order valence-electron chi connectivity index (χ3n) is 3.09. The van der Waals surface area contributed by atoms with Crippen molar-refractivity contribution in [2.75, 3.05) is 6.54 Å². The zero-order chi connectivity index (χ0) is 13.8. The van der Waals surface area contributed by atoms with Gasteiger partial charge in [0.05, 0.1) is 0 Å². The topological polar surface area (TPSA) is 29.5 Å². The molecule has 0 spiro atoms. The Labute approximate surface area is 121 Å². The van der Waals surface area contributed by atoms with Gasteiger partial charge < -0.3 is 4.74 Å². The van der Waals surface area contributed by atoms with Gasteiger partial charge in [0.2, 0.25) is 0 Å². The zero-order valence-corrected chi connectivity index (χ0v) is 13.7. The lowest BCUT2D eigenvalue weighted by Crippen LogP contribution is -2.40. The highest BCUT2D eigenvalue weighted by Crippen LogP contribution is 2.53. The molecule has 0 saturated heterocycles. The van der Waals surface area contributed by atoms with Crippen LogP contribution in [0.2, 0.25) is 0 Å². The van der Waals surface area contributed by atoms with E-state index in [1.165, 1.54) is 6.42 Å². The van der Waals surface area contributed by atoms with Crippen LogP contribution in [-0.2, 0) is 9.53 Å². The first-order valence-corrected chi connectivity index (χ1v) is 9.50. The molecule has 0 amide bonds. The molecule has 0 bridgehead atoms. The largest absolute Gasteiger partial charge is 0.461 e. The van der Waals surface area contributed by atoms with Gasteiger partial charge in [-0.15, -0.1) is 0 Å². The van der Waals surface area contributed by atoms with Crippen molar-refractivity contribution in [3.63, 3.8) is 0 Å². The first-order chi connectivity index (χ1) is 8.30. The number of carbonyl (C=O) groups excluding carboxylic acids is 1. The predicted molar refractivity (Wildman–Crippen MR) is 78.1 cm³/mol. The highest BCUT2D eigenvalue weighted by Gasteiger charge is 2.30. The number of nitrogens with zero attached hydrogens (tertiary/aromatic N) is 1. The summed E-state index contributed by atoms with van der Waals surface area (Å²) in [7, 11) is 0. The van der Waals surface area contributed by atoms with Crippen LogP contribution in [0.4, 0.5) is 0 Å². The molecule has 0 aromatic carbocycles. The Balaban J connectivity index is 2.46. The summed E-state index contributed by atoms with van der Waals surface area (Å²) in [6.07, 6.45) is 5.61. The molecule has 0 unspecified atom stereocenters. The fourth-order valence-electron chi connectivity index (χ4n) is 2.05. The van der Waals surface area contributed by atoms with Crippen molar-refractivity contribution in [2.45, 2.75) is 64.5 Å². The van der Waals surface area contributed by atoms with Gasteiger partial charge in [0.25, 0.3) is 0 Å². The van der Waals surface area contributed by atoms with Crippen LogP contribution < -0.4 is 0 Å². The quantitative estimate of drug-likeness (QED) is 0.558. The van der Waals surface area contributed by atoms with Gasteiger partial charge in [0.1, 0.15) is 12.6 Å². The number of ether oxygens (including phenoxy) is 1. The number of rotatable bonds is 4. The van der Waals surface area contributed by atoms with Gasteiger partial charge in [-0.05, 0) is 46.5 Å². The lowest BCUT2D eigenvalue weighted by Gasteiger charge is -2.35. The average molecular weight is 314 g/mol.